The van der Waals surface area contributed by atoms with Crippen molar-refractivity contribution in [1.29, 1.82) is 0 Å². The molecule has 0 unspecified atom stereocenters. The van der Waals surface area contributed by atoms with Gasteiger partial charge in [-0.15, -0.1) is 0 Å². The fraction of sp³-hybridized carbons (Fsp3) is 0.154. The van der Waals surface area contributed by atoms with Crippen LogP contribution in [-0.4, -0.2) is 15.5 Å². The molecule has 0 fully saturated rings. The van der Waals surface area contributed by atoms with E-state index in [-0.39, 0.29) is 6.54 Å². The van der Waals surface area contributed by atoms with Gasteiger partial charge in [-0.2, -0.15) is 0 Å². The summed E-state index contributed by atoms with van der Waals surface area (Å²) in [6.07, 6.45) is 1.35. The van der Waals surface area contributed by atoms with Gasteiger partial charge in [0.15, 0.2) is 0 Å². The van der Waals surface area contributed by atoms with Crippen LogP contribution in [0, 0.1) is 6.92 Å². The standard InChI is InChI=1S/C13H13BrN4O3/c1-7-5-18(13(21)17-12(7)20)6-11(19)16-10-3-2-8(15)4-9(10)14/h2-5H,6,15H2,1H3,(H,16,19)(H,17,20,21). The van der Waals surface area contributed by atoms with Crippen molar-refractivity contribution in [1.82, 2.24) is 9.55 Å². The molecule has 7 nitrogen and oxygen atoms in total. The normalized spacial score (nSPS) is 10.4. The Balaban J connectivity index is 2.17. The predicted octanol–water partition coefficient (Wildman–Crippen LogP) is 0.828. The summed E-state index contributed by atoms with van der Waals surface area (Å²) in [6.45, 7) is 1.36. The Morgan fingerprint density at radius 1 is 1.43 bits per heavy atom. The van der Waals surface area contributed by atoms with E-state index in [1.54, 1.807) is 25.1 Å². The smallest absolute Gasteiger partial charge is 0.328 e. The van der Waals surface area contributed by atoms with Crippen LogP contribution in [-0.2, 0) is 11.3 Å². The summed E-state index contributed by atoms with van der Waals surface area (Å²) in [4.78, 5) is 36.9. The van der Waals surface area contributed by atoms with Crippen LogP contribution < -0.4 is 22.3 Å². The van der Waals surface area contributed by atoms with Crippen LogP contribution >= 0.6 is 15.9 Å². The summed E-state index contributed by atoms with van der Waals surface area (Å²) in [5, 5.41) is 2.65. The maximum atomic E-state index is 12.0. The van der Waals surface area contributed by atoms with E-state index in [1.807, 2.05) is 0 Å². The zero-order chi connectivity index (χ0) is 15.6. The molecule has 0 saturated carbocycles. The molecule has 0 spiro atoms. The molecule has 0 bridgehead atoms. The highest BCUT2D eigenvalue weighted by atomic mass is 79.9. The Labute approximate surface area is 127 Å². The average Bonchev–Trinajstić information content (AvgIpc) is 2.39. The van der Waals surface area contributed by atoms with Crippen LogP contribution in [0.4, 0.5) is 11.4 Å². The predicted molar refractivity (Wildman–Crippen MR) is 83.2 cm³/mol. The van der Waals surface area contributed by atoms with E-state index in [0.717, 1.165) is 4.57 Å². The van der Waals surface area contributed by atoms with Gasteiger partial charge in [-0.25, -0.2) is 4.79 Å². The minimum absolute atomic E-state index is 0.201. The molecule has 0 aliphatic carbocycles. The Morgan fingerprint density at radius 2 is 2.14 bits per heavy atom. The van der Waals surface area contributed by atoms with Crippen LogP contribution in [0.25, 0.3) is 0 Å². The lowest BCUT2D eigenvalue weighted by Crippen LogP contribution is -2.34. The highest BCUT2D eigenvalue weighted by Gasteiger charge is 2.09. The first-order valence-corrected chi connectivity index (χ1v) is 6.81. The number of carbonyl (C=O) groups excluding carboxylic acids is 1. The highest BCUT2D eigenvalue weighted by molar-refractivity contribution is 9.10. The van der Waals surface area contributed by atoms with Gasteiger partial charge in [-0.3, -0.25) is 19.1 Å². The van der Waals surface area contributed by atoms with Gasteiger partial charge in [-0.1, -0.05) is 0 Å². The number of rotatable bonds is 3. The van der Waals surface area contributed by atoms with E-state index in [0.29, 0.717) is 21.4 Å². The summed E-state index contributed by atoms with van der Waals surface area (Å²) in [6, 6.07) is 4.96. The largest absolute Gasteiger partial charge is 0.399 e. The molecule has 1 aromatic carbocycles. The number of amides is 1. The van der Waals surface area contributed by atoms with Gasteiger partial charge in [0.1, 0.15) is 6.54 Å². The number of nitrogen functional groups attached to an aromatic ring is 1. The number of halogens is 1. The number of hydrogen-bond donors (Lipinski definition) is 3. The van der Waals surface area contributed by atoms with Crippen molar-refractivity contribution in [2.75, 3.05) is 11.1 Å². The lowest BCUT2D eigenvalue weighted by molar-refractivity contribution is -0.116. The molecule has 1 heterocycles. The second-order valence-corrected chi connectivity index (χ2v) is 5.34. The molecule has 0 saturated heterocycles. The molecule has 2 rings (SSSR count). The van der Waals surface area contributed by atoms with Crippen LogP contribution in [0.3, 0.4) is 0 Å². The van der Waals surface area contributed by atoms with Gasteiger partial charge in [0.2, 0.25) is 5.91 Å². The second-order valence-electron chi connectivity index (χ2n) is 4.49. The molecular formula is C13H13BrN4O3. The van der Waals surface area contributed by atoms with Gasteiger partial charge in [0.25, 0.3) is 5.56 Å². The van der Waals surface area contributed by atoms with Crippen molar-refractivity contribution in [3.63, 3.8) is 0 Å². The molecule has 0 aliphatic rings. The van der Waals surface area contributed by atoms with Gasteiger partial charge in [0.05, 0.1) is 5.69 Å². The molecule has 0 aliphatic heterocycles. The van der Waals surface area contributed by atoms with Crippen molar-refractivity contribution >= 4 is 33.2 Å². The number of aryl methyl sites for hydroxylation is 1. The maximum Gasteiger partial charge on any atom is 0.328 e. The molecule has 1 amide bonds. The highest BCUT2D eigenvalue weighted by Crippen LogP contribution is 2.24. The monoisotopic (exact) mass is 352 g/mol. The summed E-state index contributed by atoms with van der Waals surface area (Å²) >= 11 is 3.29. The Hall–Kier alpha value is -2.35. The third kappa shape index (κ3) is 3.60. The molecular weight excluding hydrogens is 340 g/mol. The third-order valence-corrected chi connectivity index (χ3v) is 3.43. The van der Waals surface area contributed by atoms with E-state index in [2.05, 4.69) is 26.2 Å². The Bertz CT molecular complexity index is 810. The van der Waals surface area contributed by atoms with Crippen molar-refractivity contribution in [3.05, 3.63) is 55.3 Å². The lowest BCUT2D eigenvalue weighted by atomic mass is 10.3. The second kappa shape index (κ2) is 5.96. The van der Waals surface area contributed by atoms with Crippen molar-refractivity contribution in [2.24, 2.45) is 0 Å². The fourth-order valence-electron chi connectivity index (χ4n) is 1.71. The van der Waals surface area contributed by atoms with Crippen LogP contribution in [0.5, 0.6) is 0 Å². The number of H-pyrrole nitrogens is 1. The molecule has 4 N–H and O–H groups in total. The summed E-state index contributed by atoms with van der Waals surface area (Å²) in [7, 11) is 0. The van der Waals surface area contributed by atoms with Crippen LogP contribution in [0.15, 0.2) is 38.5 Å². The summed E-state index contributed by atoms with van der Waals surface area (Å²) < 4.78 is 1.78. The number of nitrogens with zero attached hydrogens (tertiary/aromatic N) is 1. The van der Waals surface area contributed by atoms with Crippen LogP contribution in [0.1, 0.15) is 5.56 Å². The molecule has 0 radical (unpaired) electrons. The van der Waals surface area contributed by atoms with Crippen molar-refractivity contribution in [3.8, 4) is 0 Å². The first kappa shape index (κ1) is 15.0. The Kier molecular flexibility index (Phi) is 4.27. The van der Waals surface area contributed by atoms with Gasteiger partial charge in [0, 0.05) is 21.9 Å². The van der Waals surface area contributed by atoms with E-state index >= 15 is 0 Å². The van der Waals surface area contributed by atoms with Crippen LogP contribution in [0.2, 0.25) is 0 Å². The molecule has 110 valence electrons. The minimum Gasteiger partial charge on any atom is -0.399 e. The molecule has 0 atom stereocenters. The van der Waals surface area contributed by atoms with Gasteiger partial charge >= 0.3 is 5.69 Å². The van der Waals surface area contributed by atoms with Gasteiger partial charge in [-0.05, 0) is 41.1 Å². The van der Waals surface area contributed by atoms with Gasteiger partial charge < -0.3 is 11.1 Å². The van der Waals surface area contributed by atoms with E-state index in [1.165, 1.54) is 6.20 Å². The van der Waals surface area contributed by atoms with E-state index in [4.69, 9.17) is 5.73 Å². The number of aromatic amines is 1. The molecule has 8 heteroatoms. The summed E-state index contributed by atoms with van der Waals surface area (Å²) in [5.74, 6) is -0.394. The number of anilines is 2. The number of nitrogens with one attached hydrogen (secondary N) is 2. The SMILES string of the molecule is Cc1cn(CC(=O)Nc2ccc(N)cc2Br)c(=O)[nH]c1=O. The third-order valence-electron chi connectivity index (χ3n) is 2.77. The zero-order valence-corrected chi connectivity index (χ0v) is 12.7. The average molecular weight is 353 g/mol. The minimum atomic E-state index is -0.628. The first-order valence-electron chi connectivity index (χ1n) is 6.02. The lowest BCUT2D eigenvalue weighted by Gasteiger charge is -2.09. The van der Waals surface area contributed by atoms with Crippen molar-refractivity contribution in [2.45, 2.75) is 13.5 Å². The number of nitrogens with two attached hydrogens (primary N) is 1. The molecule has 1 aromatic heterocycles. The molecule has 21 heavy (non-hydrogen) atoms. The van der Waals surface area contributed by atoms with E-state index in [9.17, 15) is 14.4 Å². The zero-order valence-electron chi connectivity index (χ0n) is 11.1. The maximum absolute atomic E-state index is 12.0. The topological polar surface area (TPSA) is 110 Å². The molecule has 2 aromatic rings. The fourth-order valence-corrected chi connectivity index (χ4v) is 2.21. The quantitative estimate of drug-likeness (QED) is 0.710. The number of carbonyl (C=O) groups is 1. The Morgan fingerprint density at radius 3 is 2.81 bits per heavy atom. The van der Waals surface area contributed by atoms with E-state index < -0.39 is 17.2 Å². The summed E-state index contributed by atoms with van der Waals surface area (Å²) in [5.41, 5.74) is 5.99. The van der Waals surface area contributed by atoms with Crippen molar-refractivity contribution < 1.29 is 4.79 Å². The number of aromatic nitrogens is 2. The first-order chi connectivity index (χ1) is 9.86. The number of benzene rings is 1. The number of hydrogen-bond acceptors (Lipinski definition) is 4.